The Bertz CT molecular complexity index is 492. The first-order chi connectivity index (χ1) is 8.17. The Morgan fingerprint density at radius 1 is 1.35 bits per heavy atom. The highest BCUT2D eigenvalue weighted by atomic mass is 35.5. The lowest BCUT2D eigenvalue weighted by Gasteiger charge is -2.04. The van der Waals surface area contributed by atoms with E-state index < -0.39 is 0 Å². The zero-order valence-corrected chi connectivity index (χ0v) is 11.3. The molecule has 0 unspecified atom stereocenters. The third-order valence-electron chi connectivity index (χ3n) is 2.21. The molecule has 0 fully saturated rings. The molecule has 0 spiro atoms. The average molecular weight is 269 g/mol. The van der Waals surface area contributed by atoms with E-state index in [9.17, 15) is 0 Å². The monoisotopic (exact) mass is 268 g/mol. The lowest BCUT2D eigenvalue weighted by Crippen LogP contribution is -2.00. The molecule has 0 aromatic carbocycles. The molecule has 0 aliphatic heterocycles. The molecule has 0 radical (unpaired) electrons. The number of aromatic nitrogens is 3. The quantitative estimate of drug-likeness (QED) is 0.866. The summed E-state index contributed by atoms with van der Waals surface area (Å²) in [5.74, 6) is 0.876. The summed E-state index contributed by atoms with van der Waals surface area (Å²) in [5.41, 5.74) is 2.01. The van der Waals surface area contributed by atoms with Crippen molar-refractivity contribution in [2.75, 3.05) is 5.32 Å². The molecule has 1 N–H and O–H groups in total. The largest absolute Gasteiger partial charge is 0.356 e. The maximum Gasteiger partial charge on any atom is 0.202 e. The Balaban J connectivity index is 2.01. The second kappa shape index (κ2) is 5.42. The second-order valence-corrected chi connectivity index (χ2v) is 4.80. The summed E-state index contributed by atoms with van der Waals surface area (Å²) in [6.07, 6.45) is 0.859. The fourth-order valence-corrected chi connectivity index (χ4v) is 2.36. The number of nitrogens with one attached hydrogen (secondary N) is 1. The van der Waals surface area contributed by atoms with Crippen LogP contribution in [0.2, 0.25) is 5.15 Å². The molecule has 2 aromatic heterocycles. The van der Waals surface area contributed by atoms with Gasteiger partial charge in [-0.05, 0) is 24.6 Å². The highest BCUT2D eigenvalue weighted by Crippen LogP contribution is 2.15. The van der Waals surface area contributed by atoms with Crippen LogP contribution in [-0.4, -0.2) is 14.3 Å². The number of anilines is 1. The molecule has 0 bridgehead atoms. The fourth-order valence-electron chi connectivity index (χ4n) is 1.45. The Morgan fingerprint density at radius 3 is 2.82 bits per heavy atom. The zero-order chi connectivity index (χ0) is 12.3. The Hall–Kier alpha value is -1.20. The highest BCUT2D eigenvalue weighted by Gasteiger charge is 2.03. The van der Waals surface area contributed by atoms with Gasteiger partial charge in [0.05, 0.1) is 0 Å². The van der Waals surface area contributed by atoms with Crippen LogP contribution in [0.5, 0.6) is 0 Å². The summed E-state index contributed by atoms with van der Waals surface area (Å²) in [6.45, 7) is 4.65. The second-order valence-electron chi connectivity index (χ2n) is 3.66. The van der Waals surface area contributed by atoms with E-state index in [1.165, 1.54) is 11.5 Å². The molecule has 0 atom stereocenters. The fraction of sp³-hybridized carbons (Fsp3) is 0.364. The Morgan fingerprint density at radius 2 is 2.18 bits per heavy atom. The van der Waals surface area contributed by atoms with Crippen LogP contribution in [0.3, 0.4) is 0 Å². The van der Waals surface area contributed by atoms with E-state index in [-0.39, 0.29) is 0 Å². The third-order valence-corrected chi connectivity index (χ3v) is 3.11. The number of hydrogen-bond donors (Lipinski definition) is 1. The highest BCUT2D eigenvalue weighted by molar-refractivity contribution is 7.09. The third kappa shape index (κ3) is 3.38. The van der Waals surface area contributed by atoms with Gasteiger partial charge in [0.25, 0.3) is 0 Å². The molecule has 4 nitrogen and oxygen atoms in total. The topological polar surface area (TPSA) is 50.7 Å². The first-order valence-electron chi connectivity index (χ1n) is 5.37. The Kier molecular flexibility index (Phi) is 3.91. The van der Waals surface area contributed by atoms with Gasteiger partial charge in [-0.25, -0.2) is 9.97 Å². The number of aryl methyl sites for hydroxylation is 2. The standard InChI is InChI=1S/C11H13ClN4S/c1-3-10-15-11(17-16-10)13-6-8-4-7(2)14-9(12)5-8/h4-5H,3,6H2,1-2H3,(H,13,15,16). The molecular weight excluding hydrogens is 256 g/mol. The molecule has 0 saturated carbocycles. The number of halogens is 1. The molecule has 90 valence electrons. The summed E-state index contributed by atoms with van der Waals surface area (Å²) < 4.78 is 4.21. The molecule has 2 rings (SSSR count). The lowest BCUT2D eigenvalue weighted by atomic mass is 10.2. The predicted octanol–water partition coefficient (Wildman–Crippen LogP) is 3.07. The first-order valence-corrected chi connectivity index (χ1v) is 6.52. The summed E-state index contributed by atoms with van der Waals surface area (Å²) in [7, 11) is 0. The molecule has 0 saturated heterocycles. The minimum atomic E-state index is 0.522. The maximum atomic E-state index is 5.89. The molecule has 17 heavy (non-hydrogen) atoms. The van der Waals surface area contributed by atoms with E-state index in [4.69, 9.17) is 11.6 Å². The van der Waals surface area contributed by atoms with Gasteiger partial charge in [0.1, 0.15) is 11.0 Å². The van der Waals surface area contributed by atoms with E-state index in [1.54, 1.807) is 0 Å². The zero-order valence-electron chi connectivity index (χ0n) is 9.70. The van der Waals surface area contributed by atoms with E-state index in [1.807, 2.05) is 26.0 Å². The van der Waals surface area contributed by atoms with Gasteiger partial charge in [-0.3, -0.25) is 0 Å². The average Bonchev–Trinajstić information content (AvgIpc) is 2.73. The van der Waals surface area contributed by atoms with Crippen molar-refractivity contribution in [3.8, 4) is 0 Å². The molecule has 2 aromatic rings. The van der Waals surface area contributed by atoms with Crippen LogP contribution in [0.4, 0.5) is 5.13 Å². The van der Waals surface area contributed by atoms with E-state index >= 15 is 0 Å². The van der Waals surface area contributed by atoms with Gasteiger partial charge in [-0.2, -0.15) is 4.37 Å². The van der Waals surface area contributed by atoms with Crippen molar-refractivity contribution in [1.82, 2.24) is 14.3 Å². The van der Waals surface area contributed by atoms with Crippen molar-refractivity contribution in [2.45, 2.75) is 26.8 Å². The van der Waals surface area contributed by atoms with Gasteiger partial charge in [0.15, 0.2) is 0 Å². The number of pyridine rings is 1. The van der Waals surface area contributed by atoms with Crippen molar-refractivity contribution in [2.24, 2.45) is 0 Å². The maximum absolute atomic E-state index is 5.89. The Labute approximate surface area is 109 Å². The van der Waals surface area contributed by atoms with Gasteiger partial charge in [-0.15, -0.1) is 0 Å². The van der Waals surface area contributed by atoms with Crippen molar-refractivity contribution < 1.29 is 0 Å². The van der Waals surface area contributed by atoms with Crippen molar-refractivity contribution in [3.05, 3.63) is 34.4 Å². The minimum Gasteiger partial charge on any atom is -0.356 e. The van der Waals surface area contributed by atoms with Crippen LogP contribution in [0.15, 0.2) is 12.1 Å². The predicted molar refractivity (Wildman–Crippen MR) is 70.6 cm³/mol. The molecule has 6 heteroatoms. The van der Waals surface area contributed by atoms with Crippen LogP contribution >= 0.6 is 23.1 Å². The first kappa shape index (κ1) is 12.3. The summed E-state index contributed by atoms with van der Waals surface area (Å²) >= 11 is 7.28. The molecule has 0 aliphatic carbocycles. The molecular formula is C11H13ClN4S. The van der Waals surface area contributed by atoms with Gasteiger partial charge in [-0.1, -0.05) is 18.5 Å². The number of hydrogen-bond acceptors (Lipinski definition) is 5. The molecule has 0 amide bonds. The smallest absolute Gasteiger partial charge is 0.202 e. The van der Waals surface area contributed by atoms with Crippen LogP contribution in [0, 0.1) is 6.92 Å². The normalized spacial score (nSPS) is 10.5. The van der Waals surface area contributed by atoms with Gasteiger partial charge in [0, 0.05) is 30.2 Å². The van der Waals surface area contributed by atoms with Gasteiger partial charge in [0.2, 0.25) is 5.13 Å². The van der Waals surface area contributed by atoms with E-state index in [2.05, 4.69) is 19.7 Å². The van der Waals surface area contributed by atoms with Gasteiger partial charge >= 0.3 is 0 Å². The number of rotatable bonds is 4. The molecule has 0 aliphatic rings. The SMILES string of the molecule is CCc1nsc(NCc2cc(C)nc(Cl)c2)n1. The summed E-state index contributed by atoms with van der Waals surface area (Å²) in [4.78, 5) is 8.46. The number of nitrogens with zero attached hydrogens (tertiary/aromatic N) is 3. The summed E-state index contributed by atoms with van der Waals surface area (Å²) in [5, 5.41) is 4.59. The van der Waals surface area contributed by atoms with E-state index in [0.717, 1.165) is 28.6 Å². The van der Waals surface area contributed by atoms with Gasteiger partial charge < -0.3 is 5.32 Å². The van der Waals surface area contributed by atoms with Crippen molar-refractivity contribution in [3.63, 3.8) is 0 Å². The van der Waals surface area contributed by atoms with Crippen LogP contribution < -0.4 is 5.32 Å². The lowest BCUT2D eigenvalue weighted by molar-refractivity contribution is 0.991. The van der Waals surface area contributed by atoms with Crippen LogP contribution in [0.1, 0.15) is 24.0 Å². The van der Waals surface area contributed by atoms with E-state index in [0.29, 0.717) is 11.7 Å². The minimum absolute atomic E-state index is 0.522. The summed E-state index contributed by atoms with van der Waals surface area (Å²) in [6, 6.07) is 3.85. The van der Waals surface area contributed by atoms with Crippen molar-refractivity contribution in [1.29, 1.82) is 0 Å². The van der Waals surface area contributed by atoms with Crippen LogP contribution in [-0.2, 0) is 13.0 Å². The van der Waals surface area contributed by atoms with Crippen molar-refractivity contribution >= 4 is 28.3 Å². The van der Waals surface area contributed by atoms with Crippen LogP contribution in [0.25, 0.3) is 0 Å². The molecule has 2 heterocycles.